The third-order valence-corrected chi connectivity index (χ3v) is 6.32. The zero-order valence-electron chi connectivity index (χ0n) is 17.2. The van der Waals surface area contributed by atoms with Gasteiger partial charge >= 0.3 is 0 Å². The lowest BCUT2D eigenvalue weighted by Crippen LogP contribution is -2.50. The van der Waals surface area contributed by atoms with Crippen LogP contribution in [0.15, 0.2) is 54.7 Å². The molecule has 2 aliphatic rings. The van der Waals surface area contributed by atoms with Crippen LogP contribution in [0.5, 0.6) is 0 Å². The topological polar surface area (TPSA) is 76.0 Å². The molecule has 1 saturated carbocycles. The van der Waals surface area contributed by atoms with Crippen LogP contribution in [0.3, 0.4) is 0 Å². The summed E-state index contributed by atoms with van der Waals surface area (Å²) in [5, 5.41) is 6.67. The van der Waals surface area contributed by atoms with Gasteiger partial charge in [-0.1, -0.05) is 29.8 Å². The van der Waals surface area contributed by atoms with E-state index in [4.69, 9.17) is 16.6 Å². The van der Waals surface area contributed by atoms with E-state index in [2.05, 4.69) is 27.3 Å². The maximum absolute atomic E-state index is 13.2. The summed E-state index contributed by atoms with van der Waals surface area (Å²) >= 11 is 5.91. The number of amides is 2. The first-order valence-corrected chi connectivity index (χ1v) is 10.9. The first-order chi connectivity index (χ1) is 14.9. The summed E-state index contributed by atoms with van der Waals surface area (Å²) in [5.74, 6) is 0.406. The summed E-state index contributed by atoms with van der Waals surface area (Å²) in [4.78, 5) is 30.6. The molecule has 0 spiro atoms. The van der Waals surface area contributed by atoms with Crippen molar-refractivity contribution in [3.05, 3.63) is 82.4 Å². The van der Waals surface area contributed by atoms with E-state index in [1.165, 1.54) is 5.56 Å². The minimum Gasteiger partial charge on any atom is -0.344 e. The number of benzene rings is 2. The number of hydrogen-bond acceptors (Lipinski definition) is 3. The summed E-state index contributed by atoms with van der Waals surface area (Å²) in [6.45, 7) is 1.96. The molecule has 1 atom stereocenters. The largest absolute Gasteiger partial charge is 0.344 e. The number of aryl methyl sites for hydroxylation is 2. The Balaban J connectivity index is 1.36. The van der Waals surface area contributed by atoms with Gasteiger partial charge in [-0.05, 0) is 68.5 Å². The maximum Gasteiger partial charge on any atom is 0.252 e. The van der Waals surface area contributed by atoms with E-state index < -0.39 is 5.54 Å². The number of fused-ring (bicyclic) bond motifs is 3. The number of para-hydroxylation sites is 1. The second kappa shape index (κ2) is 7.54. The molecule has 0 saturated heterocycles. The second-order valence-corrected chi connectivity index (χ2v) is 8.78. The molecule has 3 aromatic rings. The average Bonchev–Trinajstić information content (AvgIpc) is 3.47. The van der Waals surface area contributed by atoms with E-state index in [-0.39, 0.29) is 17.9 Å². The van der Waals surface area contributed by atoms with Crippen LogP contribution in [0.25, 0.3) is 5.69 Å². The van der Waals surface area contributed by atoms with Gasteiger partial charge in [0.15, 0.2) is 0 Å². The highest BCUT2D eigenvalue weighted by Crippen LogP contribution is 2.38. The Bertz CT molecular complexity index is 1160. The molecular formula is C24H23ClN4O2. The van der Waals surface area contributed by atoms with Crippen molar-refractivity contribution >= 4 is 23.4 Å². The third kappa shape index (κ3) is 3.72. The highest BCUT2D eigenvalue weighted by atomic mass is 35.5. The van der Waals surface area contributed by atoms with Crippen LogP contribution in [0.4, 0.5) is 0 Å². The minimum absolute atomic E-state index is 0.155. The molecule has 2 aromatic carbocycles. The minimum atomic E-state index is -0.859. The third-order valence-electron chi connectivity index (χ3n) is 6.07. The summed E-state index contributed by atoms with van der Waals surface area (Å²) in [6.07, 6.45) is 4.85. The molecule has 0 bridgehead atoms. The number of carbonyl (C=O) groups excluding carboxylic acids is 2. The van der Waals surface area contributed by atoms with E-state index in [9.17, 15) is 9.59 Å². The Morgan fingerprint density at radius 3 is 2.61 bits per heavy atom. The van der Waals surface area contributed by atoms with Gasteiger partial charge in [-0.25, -0.2) is 4.98 Å². The SMILES string of the molecule is Cc1cn2c(n1)[C@H](NC(=O)C1(NC(=O)c3ccc(Cl)cc3)CC1)CCc1ccccc1-2. The van der Waals surface area contributed by atoms with Crippen LogP contribution in [-0.2, 0) is 11.2 Å². The predicted octanol–water partition coefficient (Wildman–Crippen LogP) is 3.90. The molecule has 158 valence electrons. The molecule has 7 heteroatoms. The van der Waals surface area contributed by atoms with E-state index in [1.54, 1.807) is 24.3 Å². The fraction of sp³-hybridized carbons (Fsp3) is 0.292. The quantitative estimate of drug-likeness (QED) is 0.653. The lowest BCUT2D eigenvalue weighted by Gasteiger charge is -2.22. The van der Waals surface area contributed by atoms with Gasteiger partial charge in [-0.2, -0.15) is 0 Å². The zero-order valence-corrected chi connectivity index (χ0v) is 17.9. The monoisotopic (exact) mass is 434 g/mol. The molecule has 31 heavy (non-hydrogen) atoms. The molecule has 2 heterocycles. The number of imidazole rings is 1. The molecule has 2 N–H and O–H groups in total. The number of nitrogens with zero attached hydrogens (tertiary/aromatic N) is 2. The van der Waals surface area contributed by atoms with Gasteiger partial charge < -0.3 is 15.2 Å². The van der Waals surface area contributed by atoms with Crippen molar-refractivity contribution in [3.63, 3.8) is 0 Å². The van der Waals surface area contributed by atoms with Crippen LogP contribution < -0.4 is 10.6 Å². The number of carbonyl (C=O) groups is 2. The molecule has 6 nitrogen and oxygen atoms in total. The fourth-order valence-corrected chi connectivity index (χ4v) is 4.33. The Labute approximate surface area is 185 Å². The lowest BCUT2D eigenvalue weighted by molar-refractivity contribution is -0.124. The number of rotatable bonds is 4. The van der Waals surface area contributed by atoms with Gasteiger partial charge in [0.2, 0.25) is 5.91 Å². The van der Waals surface area contributed by atoms with Crippen molar-refractivity contribution in [1.82, 2.24) is 20.2 Å². The van der Waals surface area contributed by atoms with Crippen molar-refractivity contribution in [2.24, 2.45) is 0 Å². The van der Waals surface area contributed by atoms with E-state index in [0.717, 1.165) is 30.0 Å². The number of halogens is 1. The van der Waals surface area contributed by atoms with Crippen molar-refractivity contribution in [2.45, 2.75) is 44.2 Å². The molecule has 2 amide bonds. The molecule has 5 rings (SSSR count). The number of nitrogens with one attached hydrogen (secondary N) is 2. The molecule has 0 unspecified atom stereocenters. The van der Waals surface area contributed by atoms with Gasteiger partial charge in [-0.15, -0.1) is 0 Å². The summed E-state index contributed by atoms with van der Waals surface area (Å²) < 4.78 is 2.08. The van der Waals surface area contributed by atoms with Crippen LogP contribution in [0.2, 0.25) is 5.02 Å². The molecule has 0 radical (unpaired) electrons. The van der Waals surface area contributed by atoms with Gasteiger partial charge in [0, 0.05) is 22.5 Å². The second-order valence-electron chi connectivity index (χ2n) is 8.35. The summed E-state index contributed by atoms with van der Waals surface area (Å²) in [6, 6.07) is 14.7. The highest BCUT2D eigenvalue weighted by Gasteiger charge is 2.52. The number of aromatic nitrogens is 2. The molecule has 1 aliphatic heterocycles. The Kier molecular flexibility index (Phi) is 4.82. The molecule has 1 aliphatic carbocycles. The van der Waals surface area contributed by atoms with Crippen LogP contribution in [0, 0.1) is 6.92 Å². The summed E-state index contributed by atoms with van der Waals surface area (Å²) in [5.41, 5.74) is 2.87. The van der Waals surface area contributed by atoms with Gasteiger partial charge in [0.1, 0.15) is 11.4 Å². The van der Waals surface area contributed by atoms with Crippen molar-refractivity contribution in [1.29, 1.82) is 0 Å². The van der Waals surface area contributed by atoms with E-state index in [1.807, 2.05) is 25.3 Å². The number of hydrogen-bond donors (Lipinski definition) is 2. The molecular weight excluding hydrogens is 412 g/mol. The normalized spacial score (nSPS) is 18.3. The van der Waals surface area contributed by atoms with Gasteiger partial charge in [0.05, 0.1) is 11.7 Å². The predicted molar refractivity (Wildman–Crippen MR) is 118 cm³/mol. The standard InChI is InChI=1S/C24H23ClN4O2/c1-15-14-29-20-5-3-2-4-16(20)8-11-19(21(29)26-15)27-23(31)24(12-13-24)28-22(30)17-6-9-18(25)10-7-17/h2-7,9-10,14,19H,8,11-13H2,1H3,(H,27,31)(H,28,30)/t19-/m1/s1. The van der Waals surface area contributed by atoms with Crippen molar-refractivity contribution < 1.29 is 9.59 Å². The molecule has 1 aromatic heterocycles. The van der Waals surface area contributed by atoms with Crippen LogP contribution >= 0.6 is 11.6 Å². The zero-order chi connectivity index (χ0) is 21.6. The average molecular weight is 435 g/mol. The van der Waals surface area contributed by atoms with Gasteiger partial charge in [0.25, 0.3) is 5.91 Å². The summed E-state index contributed by atoms with van der Waals surface area (Å²) in [7, 11) is 0. The van der Waals surface area contributed by atoms with E-state index >= 15 is 0 Å². The molecule has 1 fully saturated rings. The van der Waals surface area contributed by atoms with Crippen molar-refractivity contribution in [3.8, 4) is 5.69 Å². The Hall–Kier alpha value is -3.12. The fourth-order valence-electron chi connectivity index (χ4n) is 4.20. The maximum atomic E-state index is 13.2. The lowest BCUT2D eigenvalue weighted by atomic mass is 10.0. The van der Waals surface area contributed by atoms with Crippen LogP contribution in [-0.4, -0.2) is 26.9 Å². The highest BCUT2D eigenvalue weighted by molar-refractivity contribution is 6.30. The van der Waals surface area contributed by atoms with Crippen LogP contribution in [0.1, 0.15) is 52.7 Å². The Morgan fingerprint density at radius 1 is 1.13 bits per heavy atom. The van der Waals surface area contributed by atoms with E-state index in [0.29, 0.717) is 23.4 Å². The van der Waals surface area contributed by atoms with Gasteiger partial charge in [-0.3, -0.25) is 9.59 Å². The first-order valence-electron chi connectivity index (χ1n) is 10.5. The smallest absolute Gasteiger partial charge is 0.252 e. The first kappa shape index (κ1) is 19.8. The van der Waals surface area contributed by atoms with Crippen molar-refractivity contribution in [2.75, 3.05) is 0 Å². The Morgan fingerprint density at radius 2 is 1.87 bits per heavy atom.